The van der Waals surface area contributed by atoms with Gasteiger partial charge in [0.25, 0.3) is 11.1 Å². The highest BCUT2D eigenvalue weighted by atomic mass is 32.2. The molecule has 0 radical (unpaired) electrons. The van der Waals surface area contributed by atoms with Gasteiger partial charge in [0.1, 0.15) is 17.7 Å². The number of hydrogen-bond acceptors (Lipinski definition) is 7. The third-order valence-corrected chi connectivity index (χ3v) is 5.03. The van der Waals surface area contributed by atoms with E-state index in [2.05, 4.69) is 32.7 Å². The number of allylic oxidation sites excluding steroid dienone is 3. The van der Waals surface area contributed by atoms with Crippen LogP contribution in [0.4, 0.5) is 4.39 Å². The van der Waals surface area contributed by atoms with Gasteiger partial charge in [0.2, 0.25) is 0 Å². The molecular weight excluding hydrogens is 365 g/mol. The van der Waals surface area contributed by atoms with Crippen molar-refractivity contribution >= 4 is 23.2 Å². The predicted octanol–water partition coefficient (Wildman–Crippen LogP) is 3.30. The lowest BCUT2D eigenvalue weighted by atomic mass is 9.92. The van der Waals surface area contributed by atoms with Crippen LogP contribution in [0.25, 0.3) is 5.70 Å². The van der Waals surface area contributed by atoms with Gasteiger partial charge < -0.3 is 14.6 Å². The molecule has 1 N–H and O–H groups in total. The van der Waals surface area contributed by atoms with Crippen molar-refractivity contribution in [2.24, 2.45) is 4.99 Å². The molecule has 0 fully saturated rings. The molecule has 3 aliphatic rings. The van der Waals surface area contributed by atoms with Crippen LogP contribution in [0.3, 0.4) is 0 Å². The molecule has 3 aliphatic heterocycles. The zero-order chi connectivity index (χ0) is 18.4. The summed E-state index contributed by atoms with van der Waals surface area (Å²) in [5.74, 6) is 0.209. The molecule has 4 heterocycles. The molecule has 5 rings (SSSR count). The van der Waals surface area contributed by atoms with Crippen LogP contribution in [0.2, 0.25) is 0 Å². The molecule has 1 atom stereocenters. The third kappa shape index (κ3) is 2.69. The molecule has 2 aromatic rings. The molecule has 0 saturated heterocycles. The maximum atomic E-state index is 13.2. The van der Waals surface area contributed by atoms with Gasteiger partial charge in [-0.05, 0) is 36.6 Å². The fourth-order valence-corrected chi connectivity index (χ4v) is 3.41. The summed E-state index contributed by atoms with van der Waals surface area (Å²) in [5, 5.41) is 11.9. The van der Waals surface area contributed by atoms with Crippen molar-refractivity contribution in [2.75, 3.05) is 6.26 Å². The first kappa shape index (κ1) is 16.1. The molecule has 1 aromatic heterocycles. The molecule has 1 unspecified atom stereocenters. The smallest absolute Gasteiger partial charge is 0.276 e. The monoisotopic (exact) mass is 379 g/mol. The molecule has 0 saturated carbocycles. The van der Waals surface area contributed by atoms with Crippen molar-refractivity contribution in [1.82, 2.24) is 20.4 Å². The van der Waals surface area contributed by atoms with E-state index in [1.54, 1.807) is 12.1 Å². The molecule has 0 aliphatic carbocycles. The zero-order valence-corrected chi connectivity index (χ0v) is 15.1. The fraction of sp³-hybridized carbons (Fsp3) is 0.105. The Balaban J connectivity index is 1.42. The maximum absolute atomic E-state index is 13.2. The summed E-state index contributed by atoms with van der Waals surface area (Å²) in [6.45, 7) is 0. The SMILES string of the molecule is CSc1nnc(C2=CNC3C=CC(C4=CN=C4c4ccc(F)cc4)=CN23)o1. The van der Waals surface area contributed by atoms with E-state index in [1.165, 1.54) is 23.9 Å². The number of nitrogens with zero attached hydrogens (tertiary/aromatic N) is 4. The Morgan fingerprint density at radius 2 is 2.07 bits per heavy atom. The van der Waals surface area contributed by atoms with Gasteiger partial charge >= 0.3 is 0 Å². The second kappa shape index (κ2) is 6.24. The average molecular weight is 379 g/mol. The van der Waals surface area contributed by atoms with Crippen molar-refractivity contribution in [3.05, 3.63) is 83.4 Å². The van der Waals surface area contributed by atoms with Crippen molar-refractivity contribution in [2.45, 2.75) is 11.4 Å². The highest BCUT2D eigenvalue weighted by Gasteiger charge is 2.31. The van der Waals surface area contributed by atoms with E-state index in [-0.39, 0.29) is 12.0 Å². The van der Waals surface area contributed by atoms with Gasteiger partial charge in [-0.3, -0.25) is 4.99 Å². The lowest BCUT2D eigenvalue weighted by molar-refractivity contribution is 0.400. The van der Waals surface area contributed by atoms with Crippen molar-refractivity contribution < 1.29 is 8.81 Å². The van der Waals surface area contributed by atoms with Gasteiger partial charge in [-0.15, -0.1) is 10.2 Å². The molecule has 0 amide bonds. The van der Waals surface area contributed by atoms with Crippen LogP contribution in [-0.2, 0) is 0 Å². The van der Waals surface area contributed by atoms with Gasteiger partial charge in [-0.2, -0.15) is 0 Å². The minimum Gasteiger partial charge on any atom is -0.410 e. The van der Waals surface area contributed by atoms with Gasteiger partial charge in [-0.25, -0.2) is 4.39 Å². The number of aliphatic imine (C=N–C) groups is 1. The predicted molar refractivity (Wildman–Crippen MR) is 101 cm³/mol. The largest absolute Gasteiger partial charge is 0.410 e. The second-order valence-corrected chi connectivity index (χ2v) is 6.85. The summed E-state index contributed by atoms with van der Waals surface area (Å²) in [5.41, 5.74) is 4.58. The van der Waals surface area contributed by atoms with E-state index >= 15 is 0 Å². The standard InChI is InChI=1S/C19H14FN5OS/c1-27-19-24-23-18(26-19)15-9-21-16-7-4-12(10-25(15)16)14-8-22-17(14)11-2-5-13(20)6-3-11/h2-10,16,21H,1H3. The van der Waals surface area contributed by atoms with Crippen LogP contribution >= 0.6 is 11.8 Å². The summed E-state index contributed by atoms with van der Waals surface area (Å²) in [4.78, 5) is 6.42. The van der Waals surface area contributed by atoms with Crippen LogP contribution in [0.5, 0.6) is 0 Å². The Hall–Kier alpha value is -3.13. The topological polar surface area (TPSA) is 66.6 Å². The Morgan fingerprint density at radius 1 is 1.22 bits per heavy atom. The van der Waals surface area contributed by atoms with E-state index in [9.17, 15) is 4.39 Å². The summed E-state index contributed by atoms with van der Waals surface area (Å²) >= 11 is 1.41. The summed E-state index contributed by atoms with van der Waals surface area (Å²) in [6.07, 6.45) is 11.7. The third-order valence-electron chi connectivity index (χ3n) is 4.51. The normalized spacial score (nSPS) is 20.2. The number of nitrogens with one attached hydrogen (secondary N) is 1. The van der Waals surface area contributed by atoms with Crippen LogP contribution < -0.4 is 5.32 Å². The lowest BCUT2D eigenvalue weighted by Gasteiger charge is -2.28. The molecule has 27 heavy (non-hydrogen) atoms. The van der Waals surface area contributed by atoms with Gasteiger partial charge in [0.15, 0.2) is 0 Å². The first-order valence-corrected chi connectivity index (χ1v) is 9.52. The number of halogens is 1. The van der Waals surface area contributed by atoms with E-state index < -0.39 is 0 Å². The Kier molecular flexibility index (Phi) is 3.71. The van der Waals surface area contributed by atoms with Gasteiger partial charge in [-0.1, -0.05) is 17.8 Å². The Labute approximate surface area is 158 Å². The average Bonchev–Trinajstić information content (AvgIpc) is 3.28. The molecule has 0 spiro atoms. The summed E-state index contributed by atoms with van der Waals surface area (Å²) < 4.78 is 18.9. The molecule has 0 bridgehead atoms. The number of fused-ring (bicyclic) bond motifs is 1. The van der Waals surface area contributed by atoms with E-state index in [4.69, 9.17) is 4.42 Å². The second-order valence-electron chi connectivity index (χ2n) is 6.10. The zero-order valence-electron chi connectivity index (χ0n) is 14.3. The number of hydrogen-bond donors (Lipinski definition) is 1. The van der Waals surface area contributed by atoms with E-state index in [0.717, 1.165) is 28.1 Å². The number of benzene rings is 1. The van der Waals surface area contributed by atoms with E-state index in [0.29, 0.717) is 11.1 Å². The van der Waals surface area contributed by atoms with Crippen molar-refractivity contribution in [3.63, 3.8) is 0 Å². The molecule has 134 valence electrons. The molecule has 1 aromatic carbocycles. The minimum absolute atomic E-state index is 0.000246. The molecule has 6 nitrogen and oxygen atoms in total. The van der Waals surface area contributed by atoms with Crippen LogP contribution in [0.1, 0.15) is 11.5 Å². The number of thioether (sulfide) groups is 1. The van der Waals surface area contributed by atoms with E-state index in [1.807, 2.05) is 29.8 Å². The summed E-state index contributed by atoms with van der Waals surface area (Å²) in [6, 6.07) is 6.36. The Bertz CT molecular complexity index is 1060. The Morgan fingerprint density at radius 3 is 2.78 bits per heavy atom. The fourth-order valence-electron chi connectivity index (χ4n) is 3.12. The van der Waals surface area contributed by atoms with Crippen molar-refractivity contribution in [3.8, 4) is 0 Å². The van der Waals surface area contributed by atoms with Gasteiger partial charge in [0, 0.05) is 35.3 Å². The quantitative estimate of drug-likeness (QED) is 0.823. The lowest BCUT2D eigenvalue weighted by Crippen LogP contribution is -2.33. The first-order chi connectivity index (χ1) is 13.2. The van der Waals surface area contributed by atoms with Crippen LogP contribution in [0, 0.1) is 5.82 Å². The maximum Gasteiger partial charge on any atom is 0.276 e. The number of aromatic nitrogens is 2. The highest BCUT2D eigenvalue weighted by molar-refractivity contribution is 7.98. The molecular formula is C19H14FN5OS. The number of rotatable bonds is 4. The van der Waals surface area contributed by atoms with Crippen LogP contribution in [-0.4, -0.2) is 33.2 Å². The molecule has 8 heteroatoms. The van der Waals surface area contributed by atoms with Crippen LogP contribution in [0.15, 0.2) is 80.8 Å². The van der Waals surface area contributed by atoms with Crippen molar-refractivity contribution in [1.29, 1.82) is 0 Å². The first-order valence-electron chi connectivity index (χ1n) is 8.30. The summed E-state index contributed by atoms with van der Waals surface area (Å²) in [7, 11) is 0. The van der Waals surface area contributed by atoms with Gasteiger partial charge in [0.05, 0.1) is 5.71 Å². The highest BCUT2D eigenvalue weighted by Crippen LogP contribution is 2.33. The minimum atomic E-state index is -0.258.